The van der Waals surface area contributed by atoms with Gasteiger partial charge in [-0.05, 0) is 24.6 Å². The van der Waals surface area contributed by atoms with Crippen LogP contribution >= 0.6 is 11.6 Å². The van der Waals surface area contributed by atoms with Gasteiger partial charge in [0.2, 0.25) is 0 Å². The van der Waals surface area contributed by atoms with E-state index in [4.69, 9.17) is 16.3 Å². The number of halogens is 1. The summed E-state index contributed by atoms with van der Waals surface area (Å²) in [6, 6.07) is 5.00. The Labute approximate surface area is 107 Å². The van der Waals surface area contributed by atoms with Crippen molar-refractivity contribution < 1.29 is 19.1 Å². The average Bonchev–Trinajstić information content (AvgIpc) is 2.36. The van der Waals surface area contributed by atoms with Gasteiger partial charge >= 0.3 is 0 Å². The number of aryl methyl sites for hydroxylation is 1. The molecule has 92 valence electrons. The molecule has 2 rings (SSSR count). The van der Waals surface area contributed by atoms with Crippen molar-refractivity contribution in [3.63, 3.8) is 0 Å². The van der Waals surface area contributed by atoms with Crippen LogP contribution < -0.4 is 9.47 Å². The fourth-order valence-corrected chi connectivity index (χ4v) is 1.74. The standard InChI is InChI=1S/C12H8ClNO4/c1-7-9(13)3-2-8-4-10(17-5-15)12(18-6-16)14-11(7)8/h2-6H,1H3. The molecule has 0 atom stereocenters. The normalized spacial score (nSPS) is 10.1. The molecular formula is C12H8ClNO4. The predicted molar refractivity (Wildman–Crippen MR) is 64.9 cm³/mol. The second-order valence-electron chi connectivity index (χ2n) is 3.46. The molecule has 0 radical (unpaired) electrons. The largest absolute Gasteiger partial charge is 0.423 e. The number of aromatic nitrogens is 1. The van der Waals surface area contributed by atoms with Crippen molar-refractivity contribution in [2.24, 2.45) is 0 Å². The van der Waals surface area contributed by atoms with Crippen LogP contribution in [0.4, 0.5) is 0 Å². The fraction of sp³-hybridized carbons (Fsp3) is 0.0833. The smallest absolute Gasteiger partial charge is 0.299 e. The van der Waals surface area contributed by atoms with E-state index in [9.17, 15) is 9.59 Å². The van der Waals surface area contributed by atoms with Crippen LogP contribution in [0.1, 0.15) is 5.56 Å². The molecule has 0 saturated heterocycles. The summed E-state index contributed by atoms with van der Waals surface area (Å²) in [5.41, 5.74) is 1.33. The summed E-state index contributed by atoms with van der Waals surface area (Å²) in [4.78, 5) is 24.9. The van der Waals surface area contributed by atoms with E-state index in [2.05, 4.69) is 9.72 Å². The van der Waals surface area contributed by atoms with Gasteiger partial charge in [0.15, 0.2) is 5.75 Å². The number of fused-ring (bicyclic) bond motifs is 1. The van der Waals surface area contributed by atoms with Crippen LogP contribution in [0.25, 0.3) is 10.9 Å². The molecule has 0 saturated carbocycles. The van der Waals surface area contributed by atoms with Crippen LogP contribution in [0.15, 0.2) is 18.2 Å². The van der Waals surface area contributed by atoms with Crippen LogP contribution in [0, 0.1) is 6.92 Å². The molecular weight excluding hydrogens is 258 g/mol. The summed E-state index contributed by atoms with van der Waals surface area (Å²) in [6.07, 6.45) is 0. The van der Waals surface area contributed by atoms with Gasteiger partial charge < -0.3 is 9.47 Å². The molecule has 1 aromatic heterocycles. The molecule has 0 fully saturated rings. The van der Waals surface area contributed by atoms with Gasteiger partial charge in [0.05, 0.1) is 5.52 Å². The number of pyridine rings is 1. The Morgan fingerprint density at radius 3 is 2.61 bits per heavy atom. The zero-order chi connectivity index (χ0) is 13.1. The molecule has 6 heteroatoms. The third-order valence-electron chi connectivity index (χ3n) is 2.44. The molecule has 1 aromatic carbocycles. The molecule has 18 heavy (non-hydrogen) atoms. The maximum absolute atomic E-state index is 10.4. The van der Waals surface area contributed by atoms with Crippen molar-refractivity contribution in [3.8, 4) is 11.6 Å². The zero-order valence-electron chi connectivity index (χ0n) is 9.34. The zero-order valence-corrected chi connectivity index (χ0v) is 10.1. The first-order chi connectivity index (χ1) is 8.67. The highest BCUT2D eigenvalue weighted by Crippen LogP contribution is 2.32. The number of ether oxygens (including phenoxy) is 2. The molecule has 0 spiro atoms. The lowest BCUT2D eigenvalue weighted by atomic mass is 10.1. The van der Waals surface area contributed by atoms with Crippen LogP contribution in [-0.4, -0.2) is 17.9 Å². The highest BCUT2D eigenvalue weighted by molar-refractivity contribution is 6.32. The minimum atomic E-state index is -0.0741. The number of hydrogen-bond acceptors (Lipinski definition) is 5. The molecule has 0 bridgehead atoms. The molecule has 1 heterocycles. The summed E-state index contributed by atoms with van der Waals surface area (Å²) in [6.45, 7) is 2.25. The van der Waals surface area contributed by atoms with Gasteiger partial charge in [-0.2, -0.15) is 0 Å². The van der Waals surface area contributed by atoms with Crippen molar-refractivity contribution in [1.82, 2.24) is 4.98 Å². The number of rotatable bonds is 4. The van der Waals surface area contributed by atoms with E-state index in [1.54, 1.807) is 25.1 Å². The molecule has 2 aromatic rings. The molecule has 0 N–H and O–H groups in total. The van der Waals surface area contributed by atoms with Gasteiger partial charge in [0.25, 0.3) is 18.8 Å². The Morgan fingerprint density at radius 1 is 1.22 bits per heavy atom. The van der Waals surface area contributed by atoms with E-state index in [1.165, 1.54) is 0 Å². The predicted octanol–water partition coefficient (Wildman–Crippen LogP) is 2.27. The van der Waals surface area contributed by atoms with E-state index in [1.807, 2.05) is 0 Å². The van der Waals surface area contributed by atoms with Crippen LogP contribution in [0.3, 0.4) is 0 Å². The molecule has 0 aliphatic heterocycles. The first-order valence-electron chi connectivity index (χ1n) is 4.98. The lowest BCUT2D eigenvalue weighted by Crippen LogP contribution is -1.99. The number of benzene rings is 1. The second-order valence-corrected chi connectivity index (χ2v) is 3.87. The van der Waals surface area contributed by atoms with Gasteiger partial charge in [-0.15, -0.1) is 0 Å². The van der Waals surface area contributed by atoms with Gasteiger partial charge in [-0.1, -0.05) is 17.7 Å². The van der Waals surface area contributed by atoms with E-state index >= 15 is 0 Å². The number of nitrogens with zero attached hydrogens (tertiary/aromatic N) is 1. The fourth-order valence-electron chi connectivity index (χ4n) is 1.59. The third kappa shape index (κ3) is 2.12. The van der Waals surface area contributed by atoms with E-state index < -0.39 is 0 Å². The lowest BCUT2D eigenvalue weighted by molar-refractivity contribution is -0.123. The van der Waals surface area contributed by atoms with Gasteiger partial charge in [-0.25, -0.2) is 4.98 Å². The van der Waals surface area contributed by atoms with Gasteiger partial charge in [0, 0.05) is 10.4 Å². The number of carbonyl (C=O) groups is 2. The molecule has 0 amide bonds. The Kier molecular flexibility index (Phi) is 3.43. The van der Waals surface area contributed by atoms with Crippen molar-refractivity contribution >= 4 is 35.4 Å². The van der Waals surface area contributed by atoms with Gasteiger partial charge in [-0.3, -0.25) is 9.59 Å². The third-order valence-corrected chi connectivity index (χ3v) is 2.85. The summed E-state index contributed by atoms with van der Waals surface area (Å²) < 4.78 is 9.38. The van der Waals surface area contributed by atoms with Crippen molar-refractivity contribution in [1.29, 1.82) is 0 Å². The molecule has 0 aliphatic carbocycles. The molecule has 0 unspecified atom stereocenters. The topological polar surface area (TPSA) is 65.5 Å². The van der Waals surface area contributed by atoms with Crippen molar-refractivity contribution in [2.45, 2.75) is 6.92 Å². The number of carbonyl (C=O) groups excluding carboxylic acids is 2. The maximum atomic E-state index is 10.4. The first-order valence-corrected chi connectivity index (χ1v) is 5.35. The van der Waals surface area contributed by atoms with Crippen LogP contribution in [-0.2, 0) is 9.59 Å². The SMILES string of the molecule is Cc1c(Cl)ccc2cc(OC=O)c(OC=O)nc12. The Morgan fingerprint density at radius 2 is 1.94 bits per heavy atom. The lowest BCUT2D eigenvalue weighted by Gasteiger charge is -2.08. The van der Waals surface area contributed by atoms with Crippen molar-refractivity contribution in [2.75, 3.05) is 0 Å². The Bertz CT molecular complexity index is 627. The van der Waals surface area contributed by atoms with E-state index in [-0.39, 0.29) is 24.6 Å². The molecule has 5 nitrogen and oxygen atoms in total. The van der Waals surface area contributed by atoms with Crippen LogP contribution in [0.2, 0.25) is 5.02 Å². The first kappa shape index (κ1) is 12.3. The highest BCUT2D eigenvalue weighted by atomic mass is 35.5. The quantitative estimate of drug-likeness (QED) is 0.794. The van der Waals surface area contributed by atoms with Crippen molar-refractivity contribution in [3.05, 3.63) is 28.8 Å². The Balaban J connectivity index is 2.71. The monoisotopic (exact) mass is 265 g/mol. The average molecular weight is 266 g/mol. The highest BCUT2D eigenvalue weighted by Gasteiger charge is 2.12. The number of hydrogen-bond donors (Lipinski definition) is 0. The minimum absolute atomic E-state index is 0.0741. The van der Waals surface area contributed by atoms with Gasteiger partial charge in [0.1, 0.15) is 0 Å². The van der Waals surface area contributed by atoms with E-state index in [0.29, 0.717) is 10.5 Å². The summed E-state index contributed by atoms with van der Waals surface area (Å²) in [5.74, 6) is 0.00119. The Hall–Kier alpha value is -2.14. The molecule has 0 aliphatic rings. The summed E-state index contributed by atoms with van der Waals surface area (Å²) >= 11 is 5.98. The van der Waals surface area contributed by atoms with Crippen LogP contribution in [0.5, 0.6) is 11.6 Å². The summed E-state index contributed by atoms with van der Waals surface area (Å²) in [5, 5.41) is 1.28. The second kappa shape index (κ2) is 5.01. The minimum Gasteiger partial charge on any atom is -0.423 e. The maximum Gasteiger partial charge on any atom is 0.299 e. The summed E-state index contributed by atoms with van der Waals surface area (Å²) in [7, 11) is 0. The van der Waals surface area contributed by atoms with E-state index in [0.717, 1.165) is 10.9 Å².